The second-order valence-electron chi connectivity index (χ2n) is 4.34. The maximum absolute atomic E-state index is 11.1. The van der Waals surface area contributed by atoms with Crippen LogP contribution in [-0.4, -0.2) is 16.7 Å². The minimum absolute atomic E-state index is 0.164. The second kappa shape index (κ2) is 5.76. The molecule has 0 aliphatic rings. The Kier molecular flexibility index (Phi) is 4.86. The minimum atomic E-state index is -0.978. The van der Waals surface area contributed by atoms with Crippen LogP contribution in [0.1, 0.15) is 20.3 Å². The topological polar surface area (TPSA) is 69.1 Å². The van der Waals surface area contributed by atoms with E-state index in [4.69, 9.17) is 23.1 Å². The zero-order chi connectivity index (χ0) is 13.1. The van der Waals surface area contributed by atoms with Crippen LogP contribution < -0.4 is 11.5 Å². The Labute approximate surface area is 111 Å². The lowest BCUT2D eigenvalue weighted by Crippen LogP contribution is -2.50. The summed E-state index contributed by atoms with van der Waals surface area (Å²) in [7, 11) is 0. The molecule has 1 amide bonds. The maximum atomic E-state index is 11.1. The summed E-state index contributed by atoms with van der Waals surface area (Å²) in [4.78, 5) is 12.1. The molecule has 2 unspecified atom stereocenters. The number of amides is 1. The molecule has 0 fully saturated rings. The zero-order valence-electron chi connectivity index (χ0n) is 9.94. The summed E-state index contributed by atoms with van der Waals surface area (Å²) in [6.45, 7) is 3.65. The molecule has 1 aromatic rings. The third kappa shape index (κ3) is 4.22. The van der Waals surface area contributed by atoms with E-state index in [-0.39, 0.29) is 5.25 Å². The van der Waals surface area contributed by atoms with Gasteiger partial charge in [-0.15, -0.1) is 11.8 Å². The average molecular weight is 273 g/mol. The number of halogens is 1. The van der Waals surface area contributed by atoms with Crippen molar-refractivity contribution in [1.29, 1.82) is 0 Å². The largest absolute Gasteiger partial charge is 0.368 e. The standard InChI is InChI=1S/C12H17ClN2OS/c1-8(7-12(2,15)11(14)16)17-10-6-4-3-5-9(10)13/h3-6,8H,7,15H2,1-2H3,(H2,14,16). The third-order valence-electron chi connectivity index (χ3n) is 2.44. The summed E-state index contributed by atoms with van der Waals surface area (Å²) in [5.41, 5.74) is 10.1. The molecular formula is C12H17ClN2OS. The lowest BCUT2D eigenvalue weighted by Gasteiger charge is -2.24. The number of carbonyl (C=O) groups is 1. The molecule has 0 aliphatic carbocycles. The molecular weight excluding hydrogens is 256 g/mol. The van der Waals surface area contributed by atoms with E-state index >= 15 is 0 Å². The quantitative estimate of drug-likeness (QED) is 0.809. The van der Waals surface area contributed by atoms with Gasteiger partial charge in [-0.05, 0) is 25.5 Å². The normalized spacial score (nSPS) is 16.2. The van der Waals surface area contributed by atoms with Crippen molar-refractivity contribution < 1.29 is 4.79 Å². The van der Waals surface area contributed by atoms with Crippen LogP contribution in [0.5, 0.6) is 0 Å². The molecule has 0 aromatic heterocycles. The summed E-state index contributed by atoms with van der Waals surface area (Å²) < 4.78 is 0. The Balaban J connectivity index is 2.65. The van der Waals surface area contributed by atoms with Crippen LogP contribution in [0, 0.1) is 0 Å². The van der Waals surface area contributed by atoms with Gasteiger partial charge < -0.3 is 11.5 Å². The van der Waals surface area contributed by atoms with E-state index in [0.29, 0.717) is 11.4 Å². The van der Waals surface area contributed by atoms with E-state index in [1.165, 1.54) is 0 Å². The predicted molar refractivity (Wildman–Crippen MR) is 73.2 cm³/mol. The summed E-state index contributed by atoms with van der Waals surface area (Å²) >= 11 is 7.65. The average Bonchev–Trinajstić information content (AvgIpc) is 2.20. The molecule has 0 bridgehead atoms. The first-order chi connectivity index (χ1) is 7.83. The lowest BCUT2D eigenvalue weighted by molar-refractivity contribution is -0.122. The smallest absolute Gasteiger partial charge is 0.237 e. The molecule has 17 heavy (non-hydrogen) atoms. The molecule has 2 atom stereocenters. The highest BCUT2D eigenvalue weighted by atomic mass is 35.5. The van der Waals surface area contributed by atoms with E-state index in [0.717, 1.165) is 4.90 Å². The highest BCUT2D eigenvalue weighted by Crippen LogP contribution is 2.32. The first-order valence-corrected chi connectivity index (χ1v) is 6.58. The van der Waals surface area contributed by atoms with Gasteiger partial charge in [0.1, 0.15) is 0 Å². The molecule has 1 aromatic carbocycles. The summed E-state index contributed by atoms with van der Waals surface area (Å²) in [5.74, 6) is -0.482. The maximum Gasteiger partial charge on any atom is 0.237 e. The van der Waals surface area contributed by atoms with Gasteiger partial charge in [-0.1, -0.05) is 30.7 Å². The Morgan fingerprint density at radius 1 is 1.53 bits per heavy atom. The number of hydrogen-bond acceptors (Lipinski definition) is 3. The second-order valence-corrected chi connectivity index (χ2v) is 6.23. The molecule has 4 N–H and O–H groups in total. The fourth-order valence-corrected chi connectivity index (χ4v) is 2.97. The molecule has 0 saturated carbocycles. The van der Waals surface area contributed by atoms with Crippen molar-refractivity contribution in [2.24, 2.45) is 11.5 Å². The third-order valence-corrected chi connectivity index (χ3v) is 4.06. The van der Waals surface area contributed by atoms with Gasteiger partial charge in [-0.2, -0.15) is 0 Å². The molecule has 1 rings (SSSR count). The molecule has 0 aliphatic heterocycles. The number of hydrogen-bond donors (Lipinski definition) is 2. The van der Waals surface area contributed by atoms with Crippen LogP contribution in [0.3, 0.4) is 0 Å². The van der Waals surface area contributed by atoms with Gasteiger partial charge in [0.25, 0.3) is 0 Å². The number of benzene rings is 1. The van der Waals surface area contributed by atoms with Gasteiger partial charge in [0.2, 0.25) is 5.91 Å². The highest BCUT2D eigenvalue weighted by Gasteiger charge is 2.28. The van der Waals surface area contributed by atoms with E-state index in [1.807, 2.05) is 31.2 Å². The Morgan fingerprint density at radius 2 is 2.12 bits per heavy atom. The van der Waals surface area contributed by atoms with Crippen LogP contribution in [-0.2, 0) is 4.79 Å². The van der Waals surface area contributed by atoms with E-state index < -0.39 is 11.4 Å². The molecule has 0 heterocycles. The van der Waals surface area contributed by atoms with Gasteiger partial charge in [-0.3, -0.25) is 4.79 Å². The van der Waals surface area contributed by atoms with Crippen LogP contribution in [0.25, 0.3) is 0 Å². The number of rotatable bonds is 5. The summed E-state index contributed by atoms with van der Waals surface area (Å²) in [5, 5.41) is 0.875. The molecule has 0 radical (unpaired) electrons. The fourth-order valence-electron chi connectivity index (χ4n) is 1.50. The molecule has 5 heteroatoms. The van der Waals surface area contributed by atoms with Gasteiger partial charge >= 0.3 is 0 Å². The first-order valence-electron chi connectivity index (χ1n) is 5.33. The highest BCUT2D eigenvalue weighted by molar-refractivity contribution is 8.00. The van der Waals surface area contributed by atoms with Crippen LogP contribution in [0.15, 0.2) is 29.2 Å². The van der Waals surface area contributed by atoms with Gasteiger partial charge in [0.15, 0.2) is 0 Å². The van der Waals surface area contributed by atoms with Crippen molar-refractivity contribution in [3.8, 4) is 0 Å². The monoisotopic (exact) mass is 272 g/mol. The van der Waals surface area contributed by atoms with E-state index in [2.05, 4.69) is 0 Å². The Morgan fingerprint density at radius 3 is 2.65 bits per heavy atom. The van der Waals surface area contributed by atoms with Gasteiger partial charge in [0, 0.05) is 10.1 Å². The predicted octanol–water partition coefficient (Wildman–Crippen LogP) is 2.41. The Bertz CT molecular complexity index is 409. The number of nitrogens with two attached hydrogens (primary N) is 2. The summed E-state index contributed by atoms with van der Waals surface area (Å²) in [6, 6.07) is 7.60. The van der Waals surface area contributed by atoms with E-state index in [1.54, 1.807) is 18.7 Å². The SMILES string of the molecule is CC(CC(C)(N)C(N)=O)Sc1ccccc1Cl. The number of primary amides is 1. The number of thioether (sulfide) groups is 1. The fraction of sp³-hybridized carbons (Fsp3) is 0.417. The van der Waals surface area contributed by atoms with Gasteiger partial charge in [0.05, 0.1) is 10.6 Å². The zero-order valence-corrected chi connectivity index (χ0v) is 11.5. The van der Waals surface area contributed by atoms with Crippen molar-refractivity contribution >= 4 is 29.3 Å². The first kappa shape index (κ1) is 14.4. The number of carbonyl (C=O) groups excluding carboxylic acids is 1. The van der Waals surface area contributed by atoms with Crippen molar-refractivity contribution in [3.05, 3.63) is 29.3 Å². The summed E-state index contributed by atoms with van der Waals surface area (Å²) in [6.07, 6.45) is 0.512. The molecule has 0 spiro atoms. The van der Waals surface area contributed by atoms with Crippen molar-refractivity contribution in [2.45, 2.75) is 36.0 Å². The van der Waals surface area contributed by atoms with Crippen LogP contribution in [0.2, 0.25) is 5.02 Å². The van der Waals surface area contributed by atoms with Gasteiger partial charge in [-0.25, -0.2) is 0 Å². The Hall–Kier alpha value is -0.710. The van der Waals surface area contributed by atoms with Crippen LogP contribution >= 0.6 is 23.4 Å². The van der Waals surface area contributed by atoms with Crippen LogP contribution in [0.4, 0.5) is 0 Å². The van der Waals surface area contributed by atoms with Crippen molar-refractivity contribution in [2.75, 3.05) is 0 Å². The molecule has 0 saturated heterocycles. The lowest BCUT2D eigenvalue weighted by atomic mass is 9.97. The molecule has 3 nitrogen and oxygen atoms in total. The van der Waals surface area contributed by atoms with E-state index in [9.17, 15) is 4.79 Å². The molecule has 94 valence electrons. The minimum Gasteiger partial charge on any atom is -0.368 e. The van der Waals surface area contributed by atoms with Crippen molar-refractivity contribution in [1.82, 2.24) is 0 Å². The van der Waals surface area contributed by atoms with Crippen molar-refractivity contribution in [3.63, 3.8) is 0 Å².